The third kappa shape index (κ3) is 5.41. The van der Waals surface area contributed by atoms with Crippen molar-refractivity contribution in [2.45, 2.75) is 4.90 Å². The summed E-state index contributed by atoms with van der Waals surface area (Å²) in [6.07, 6.45) is 0. The molecule has 0 saturated carbocycles. The lowest BCUT2D eigenvalue weighted by Gasteiger charge is -2.34. The van der Waals surface area contributed by atoms with Crippen LogP contribution in [0, 0.1) is 0 Å². The van der Waals surface area contributed by atoms with Crippen molar-refractivity contribution in [3.8, 4) is 11.5 Å². The topological polar surface area (TPSA) is 104 Å². The Morgan fingerprint density at radius 1 is 1.03 bits per heavy atom. The number of amides is 1. The van der Waals surface area contributed by atoms with Crippen molar-refractivity contribution in [3.63, 3.8) is 0 Å². The van der Waals surface area contributed by atoms with E-state index in [1.54, 1.807) is 25.6 Å². The summed E-state index contributed by atoms with van der Waals surface area (Å²) in [5, 5.41) is 3.87. The number of anilines is 1. The number of carbonyl (C=O) groups is 1. The van der Waals surface area contributed by atoms with Gasteiger partial charge < -0.3 is 19.7 Å². The summed E-state index contributed by atoms with van der Waals surface area (Å²) in [5.41, 5.74) is 1.24. The molecule has 1 N–H and O–H groups in total. The Hall–Kier alpha value is -2.93. The van der Waals surface area contributed by atoms with Crippen LogP contribution in [-0.2, 0) is 10.0 Å². The van der Waals surface area contributed by atoms with Crippen molar-refractivity contribution in [3.05, 3.63) is 42.0 Å². The van der Waals surface area contributed by atoms with Gasteiger partial charge in [0.25, 0.3) is 5.91 Å². The van der Waals surface area contributed by atoms with Gasteiger partial charge in [0.2, 0.25) is 10.0 Å². The summed E-state index contributed by atoms with van der Waals surface area (Å²) in [4.78, 5) is 22.0. The molecule has 0 radical (unpaired) electrons. The molecule has 1 amide bonds. The third-order valence-corrected chi connectivity index (χ3v) is 9.11. The zero-order valence-electron chi connectivity index (χ0n) is 20.9. The van der Waals surface area contributed by atoms with E-state index >= 15 is 0 Å². The maximum atomic E-state index is 12.5. The van der Waals surface area contributed by atoms with Gasteiger partial charge in [-0.3, -0.25) is 9.69 Å². The number of piperazine rings is 1. The lowest BCUT2D eigenvalue weighted by Crippen LogP contribution is -2.48. The minimum atomic E-state index is -3.52. The van der Waals surface area contributed by atoms with Crippen LogP contribution in [0.4, 0.5) is 5.13 Å². The molecule has 0 unspecified atom stereocenters. The van der Waals surface area contributed by atoms with Gasteiger partial charge in [0.15, 0.2) is 5.13 Å². The highest BCUT2D eigenvalue weighted by Gasteiger charge is 2.22. The fourth-order valence-electron chi connectivity index (χ4n) is 3.99. The predicted octanol–water partition coefficient (Wildman–Crippen LogP) is 2.12. The van der Waals surface area contributed by atoms with Crippen LogP contribution in [0.3, 0.4) is 0 Å². The highest BCUT2D eigenvalue weighted by atomic mass is 32.2. The summed E-state index contributed by atoms with van der Waals surface area (Å²) in [5.74, 6) is 1.30. The number of thiazole rings is 1. The third-order valence-electron chi connectivity index (χ3n) is 6.15. The molecule has 2 aromatic carbocycles. The molecule has 1 aliphatic heterocycles. The van der Waals surface area contributed by atoms with Crippen molar-refractivity contribution in [1.82, 2.24) is 19.5 Å². The van der Waals surface area contributed by atoms with E-state index in [2.05, 4.69) is 15.1 Å². The van der Waals surface area contributed by atoms with E-state index in [0.29, 0.717) is 12.1 Å². The number of sulfonamides is 1. The number of aromatic nitrogens is 1. The molecule has 2 heterocycles. The van der Waals surface area contributed by atoms with Gasteiger partial charge in [-0.15, -0.1) is 0 Å². The largest absolute Gasteiger partial charge is 0.495 e. The minimum Gasteiger partial charge on any atom is -0.495 e. The van der Waals surface area contributed by atoms with E-state index in [-0.39, 0.29) is 10.8 Å². The predicted molar refractivity (Wildman–Crippen MR) is 141 cm³/mol. The second kappa shape index (κ2) is 11.0. The molecular formula is C24H31N5O5S2. The average molecular weight is 534 g/mol. The summed E-state index contributed by atoms with van der Waals surface area (Å²) in [6.45, 7) is 4.62. The first kappa shape index (κ1) is 26.1. The van der Waals surface area contributed by atoms with Crippen LogP contribution in [0.5, 0.6) is 11.5 Å². The van der Waals surface area contributed by atoms with Crippen molar-refractivity contribution < 1.29 is 22.7 Å². The van der Waals surface area contributed by atoms with Crippen LogP contribution in [0.25, 0.3) is 10.2 Å². The number of ether oxygens (including phenoxy) is 2. The number of benzene rings is 2. The van der Waals surface area contributed by atoms with Crippen LogP contribution in [0.15, 0.2) is 41.3 Å². The average Bonchev–Trinajstić information content (AvgIpc) is 3.34. The van der Waals surface area contributed by atoms with Gasteiger partial charge in [-0.2, -0.15) is 0 Å². The van der Waals surface area contributed by atoms with Crippen LogP contribution < -0.4 is 19.7 Å². The van der Waals surface area contributed by atoms with Gasteiger partial charge in [0, 0.05) is 58.9 Å². The number of methoxy groups -OCH3 is 2. The number of hydrogen-bond donors (Lipinski definition) is 1. The summed E-state index contributed by atoms with van der Waals surface area (Å²) < 4.78 is 37.4. The quantitative estimate of drug-likeness (QED) is 0.446. The lowest BCUT2D eigenvalue weighted by atomic mass is 10.2. The molecule has 1 saturated heterocycles. The first-order valence-corrected chi connectivity index (χ1v) is 13.8. The first-order valence-electron chi connectivity index (χ1n) is 11.5. The van der Waals surface area contributed by atoms with Crippen LogP contribution in [0.2, 0.25) is 0 Å². The molecule has 36 heavy (non-hydrogen) atoms. The van der Waals surface area contributed by atoms with Crippen molar-refractivity contribution in [1.29, 1.82) is 0 Å². The monoisotopic (exact) mass is 533 g/mol. The van der Waals surface area contributed by atoms with Gasteiger partial charge in [-0.1, -0.05) is 11.3 Å². The summed E-state index contributed by atoms with van der Waals surface area (Å²) >= 11 is 1.60. The number of rotatable bonds is 9. The Bertz CT molecular complexity index is 1280. The lowest BCUT2D eigenvalue weighted by molar-refractivity contribution is 0.0947. The Labute approximate surface area is 215 Å². The van der Waals surface area contributed by atoms with Gasteiger partial charge in [-0.25, -0.2) is 17.7 Å². The van der Waals surface area contributed by atoms with Gasteiger partial charge in [-0.05, 0) is 36.4 Å². The number of nitrogens with zero attached hydrogens (tertiary/aromatic N) is 4. The molecule has 194 valence electrons. The highest BCUT2D eigenvalue weighted by Crippen LogP contribution is 2.40. The Morgan fingerprint density at radius 3 is 2.28 bits per heavy atom. The zero-order valence-corrected chi connectivity index (χ0v) is 22.5. The van der Waals surface area contributed by atoms with E-state index in [0.717, 1.165) is 63.9 Å². The SMILES string of the molecule is COc1ccc(OC)c2sc(N3CCN(CCNC(=O)c4ccc(S(=O)(=O)N(C)C)cc4)CC3)nc12. The Balaban J connectivity index is 1.28. The van der Waals surface area contributed by atoms with Crippen LogP contribution in [-0.4, -0.2) is 96.1 Å². The molecule has 1 aromatic heterocycles. The molecule has 1 aliphatic rings. The van der Waals surface area contributed by atoms with Crippen molar-refractivity contribution >= 4 is 42.6 Å². The molecule has 1 fully saturated rings. The highest BCUT2D eigenvalue weighted by molar-refractivity contribution is 7.89. The second-order valence-electron chi connectivity index (χ2n) is 8.54. The molecule has 10 nitrogen and oxygen atoms in total. The number of carbonyl (C=O) groups excluding carboxylic acids is 1. The number of hydrogen-bond acceptors (Lipinski definition) is 9. The Kier molecular flexibility index (Phi) is 7.98. The van der Waals surface area contributed by atoms with Gasteiger partial charge >= 0.3 is 0 Å². The summed E-state index contributed by atoms with van der Waals surface area (Å²) in [7, 11) is 2.73. The number of nitrogens with one attached hydrogen (secondary N) is 1. The van der Waals surface area contributed by atoms with Crippen LogP contribution >= 0.6 is 11.3 Å². The minimum absolute atomic E-state index is 0.159. The second-order valence-corrected chi connectivity index (χ2v) is 11.7. The van der Waals surface area contributed by atoms with E-state index < -0.39 is 10.0 Å². The smallest absolute Gasteiger partial charge is 0.251 e. The Morgan fingerprint density at radius 2 is 1.67 bits per heavy atom. The molecule has 12 heteroatoms. The molecule has 3 aromatic rings. The van der Waals surface area contributed by atoms with Gasteiger partial charge in [0.05, 0.1) is 19.1 Å². The van der Waals surface area contributed by atoms with Crippen molar-refractivity contribution in [2.75, 3.05) is 72.5 Å². The molecule has 0 spiro atoms. The molecule has 0 aliphatic carbocycles. The standard InChI is InChI=1S/C24H31N5O5S2/c1-27(2)36(31,32)18-7-5-17(6-8-18)23(30)25-11-12-28-13-15-29(16-14-28)24-26-21-19(33-3)9-10-20(34-4)22(21)35-24/h5-10H,11-16H2,1-4H3,(H,25,30). The van der Waals surface area contributed by atoms with E-state index in [1.165, 1.54) is 38.4 Å². The molecular weight excluding hydrogens is 502 g/mol. The fourth-order valence-corrected chi connectivity index (χ4v) is 6.02. The molecule has 0 bridgehead atoms. The maximum Gasteiger partial charge on any atom is 0.251 e. The van der Waals surface area contributed by atoms with E-state index in [1.807, 2.05) is 12.1 Å². The van der Waals surface area contributed by atoms with E-state index in [4.69, 9.17) is 14.5 Å². The number of fused-ring (bicyclic) bond motifs is 1. The van der Waals surface area contributed by atoms with Crippen molar-refractivity contribution in [2.24, 2.45) is 0 Å². The zero-order chi connectivity index (χ0) is 25.9. The molecule has 4 rings (SSSR count). The van der Waals surface area contributed by atoms with E-state index in [9.17, 15) is 13.2 Å². The maximum absolute atomic E-state index is 12.5. The fraction of sp³-hybridized carbons (Fsp3) is 0.417. The first-order chi connectivity index (χ1) is 17.2. The normalized spacial score (nSPS) is 14.9. The van der Waals surface area contributed by atoms with Gasteiger partial charge in [0.1, 0.15) is 21.7 Å². The molecule has 0 atom stereocenters. The van der Waals surface area contributed by atoms with Crippen LogP contribution in [0.1, 0.15) is 10.4 Å². The summed E-state index contributed by atoms with van der Waals surface area (Å²) in [6, 6.07) is 9.75.